The molecule has 0 unspecified atom stereocenters. The second kappa shape index (κ2) is 7.77. The zero-order valence-corrected chi connectivity index (χ0v) is 15.6. The van der Waals surface area contributed by atoms with Crippen molar-refractivity contribution >= 4 is 28.4 Å². The van der Waals surface area contributed by atoms with E-state index in [1.807, 2.05) is 6.20 Å². The first kappa shape index (κ1) is 19.3. The van der Waals surface area contributed by atoms with Gasteiger partial charge in [0.1, 0.15) is 5.65 Å². The summed E-state index contributed by atoms with van der Waals surface area (Å²) >= 11 is 0. The first-order valence-electron chi connectivity index (χ1n) is 9.62. The van der Waals surface area contributed by atoms with Crippen LogP contribution in [-0.2, 0) is 6.18 Å². The molecule has 2 heterocycles. The monoisotopic (exact) mass is 402 g/mol. The number of fused-ring (bicyclic) bond motifs is 1. The number of carbonyl (C=O) groups excluding carboxylic acids is 1. The molecule has 0 bridgehead atoms. The van der Waals surface area contributed by atoms with Gasteiger partial charge in [0.15, 0.2) is 0 Å². The van der Waals surface area contributed by atoms with Crippen LogP contribution in [0, 0.1) is 0 Å². The Hall–Kier alpha value is -3.03. The summed E-state index contributed by atoms with van der Waals surface area (Å²) in [6.45, 7) is 0. The SMILES string of the molecule is O=C(Nc1ccc(C(F)(F)F)cc1)Nc1c[nH]c2ncc(C3CCCCC3)cc12. The third-order valence-electron chi connectivity index (χ3n) is 5.35. The second-order valence-electron chi connectivity index (χ2n) is 7.36. The molecule has 8 heteroatoms. The highest BCUT2D eigenvalue weighted by atomic mass is 19.4. The largest absolute Gasteiger partial charge is 0.416 e. The molecule has 0 aliphatic heterocycles. The number of alkyl halides is 3. The van der Waals surface area contributed by atoms with E-state index in [1.165, 1.54) is 37.0 Å². The molecule has 1 fully saturated rings. The summed E-state index contributed by atoms with van der Waals surface area (Å²) in [5.74, 6) is 0.490. The lowest BCUT2D eigenvalue weighted by atomic mass is 9.84. The van der Waals surface area contributed by atoms with Crippen LogP contribution in [0.4, 0.5) is 29.3 Å². The summed E-state index contributed by atoms with van der Waals surface area (Å²) < 4.78 is 37.9. The van der Waals surface area contributed by atoms with E-state index in [0.717, 1.165) is 30.4 Å². The highest BCUT2D eigenvalue weighted by molar-refractivity contribution is 6.05. The van der Waals surface area contributed by atoms with Crippen LogP contribution in [0.15, 0.2) is 42.7 Å². The van der Waals surface area contributed by atoms with E-state index in [-0.39, 0.29) is 5.69 Å². The molecule has 0 atom stereocenters. The first-order valence-corrected chi connectivity index (χ1v) is 9.62. The molecule has 2 amide bonds. The Bertz CT molecular complexity index is 1000. The lowest BCUT2D eigenvalue weighted by Gasteiger charge is -2.21. The molecule has 29 heavy (non-hydrogen) atoms. The number of aromatic amines is 1. The number of urea groups is 1. The average molecular weight is 402 g/mol. The van der Waals surface area contributed by atoms with Crippen LogP contribution in [0.3, 0.4) is 0 Å². The highest BCUT2D eigenvalue weighted by Gasteiger charge is 2.30. The Kier molecular flexibility index (Phi) is 5.17. The number of H-pyrrole nitrogens is 1. The number of pyridine rings is 1. The predicted molar refractivity (Wildman–Crippen MR) is 106 cm³/mol. The van der Waals surface area contributed by atoms with Crippen LogP contribution in [-0.4, -0.2) is 16.0 Å². The minimum absolute atomic E-state index is 0.274. The van der Waals surface area contributed by atoms with Gasteiger partial charge in [-0.05, 0) is 54.7 Å². The molecule has 1 aromatic carbocycles. The molecule has 1 aliphatic rings. The van der Waals surface area contributed by atoms with Crippen molar-refractivity contribution in [2.75, 3.05) is 10.6 Å². The molecule has 1 saturated carbocycles. The second-order valence-corrected chi connectivity index (χ2v) is 7.36. The van der Waals surface area contributed by atoms with Crippen molar-refractivity contribution in [3.8, 4) is 0 Å². The van der Waals surface area contributed by atoms with E-state index in [9.17, 15) is 18.0 Å². The van der Waals surface area contributed by atoms with Gasteiger partial charge >= 0.3 is 12.2 Å². The fourth-order valence-electron chi connectivity index (χ4n) is 3.81. The van der Waals surface area contributed by atoms with Gasteiger partial charge in [-0.2, -0.15) is 13.2 Å². The summed E-state index contributed by atoms with van der Waals surface area (Å²) in [7, 11) is 0. The van der Waals surface area contributed by atoms with E-state index >= 15 is 0 Å². The van der Waals surface area contributed by atoms with Gasteiger partial charge in [0.2, 0.25) is 0 Å². The topological polar surface area (TPSA) is 69.8 Å². The van der Waals surface area contributed by atoms with Crippen molar-refractivity contribution in [3.05, 3.63) is 53.9 Å². The van der Waals surface area contributed by atoms with E-state index in [0.29, 0.717) is 17.3 Å². The molecule has 0 radical (unpaired) electrons. The van der Waals surface area contributed by atoms with Crippen molar-refractivity contribution in [2.24, 2.45) is 0 Å². The number of aromatic nitrogens is 2. The van der Waals surface area contributed by atoms with Crippen molar-refractivity contribution in [2.45, 2.75) is 44.2 Å². The Morgan fingerprint density at radius 1 is 1.07 bits per heavy atom. The maximum Gasteiger partial charge on any atom is 0.416 e. The number of rotatable bonds is 3. The van der Waals surface area contributed by atoms with Gasteiger partial charge in [0, 0.05) is 23.5 Å². The third-order valence-corrected chi connectivity index (χ3v) is 5.35. The molecule has 3 aromatic rings. The Morgan fingerprint density at radius 2 is 1.79 bits per heavy atom. The summed E-state index contributed by atoms with van der Waals surface area (Å²) in [6, 6.07) is 5.83. The summed E-state index contributed by atoms with van der Waals surface area (Å²) in [5.41, 5.74) is 1.93. The molecule has 3 N–H and O–H groups in total. The molecule has 1 aliphatic carbocycles. The summed E-state index contributed by atoms with van der Waals surface area (Å²) in [4.78, 5) is 19.8. The molecule has 2 aromatic heterocycles. The standard InChI is InChI=1S/C21H21F3N4O/c22-21(23,24)15-6-8-16(9-7-15)27-20(29)28-18-12-26-19-17(18)10-14(11-25-19)13-4-2-1-3-5-13/h6-13H,1-5H2,(H,25,26)(H2,27,28,29). The van der Waals surface area contributed by atoms with Gasteiger partial charge in [-0.1, -0.05) is 19.3 Å². The molecular weight excluding hydrogens is 381 g/mol. The number of nitrogens with one attached hydrogen (secondary N) is 3. The maximum absolute atomic E-state index is 12.6. The predicted octanol–water partition coefficient (Wildman–Crippen LogP) is 6.27. The lowest BCUT2D eigenvalue weighted by Crippen LogP contribution is -2.19. The van der Waals surface area contributed by atoms with E-state index < -0.39 is 17.8 Å². The Labute approximate surface area is 165 Å². The lowest BCUT2D eigenvalue weighted by molar-refractivity contribution is -0.137. The van der Waals surface area contributed by atoms with Gasteiger partial charge in [-0.3, -0.25) is 0 Å². The van der Waals surface area contributed by atoms with Gasteiger partial charge in [-0.15, -0.1) is 0 Å². The number of hydrogen-bond acceptors (Lipinski definition) is 2. The number of amides is 2. The molecule has 0 saturated heterocycles. The molecule has 4 rings (SSSR count). The maximum atomic E-state index is 12.6. The number of hydrogen-bond donors (Lipinski definition) is 3. The van der Waals surface area contributed by atoms with Gasteiger partial charge in [0.05, 0.1) is 11.3 Å². The Balaban J connectivity index is 1.47. The summed E-state index contributed by atoms with van der Waals surface area (Å²) in [6.07, 6.45) is 5.15. The zero-order valence-electron chi connectivity index (χ0n) is 15.6. The van der Waals surface area contributed by atoms with Crippen LogP contribution in [0.2, 0.25) is 0 Å². The van der Waals surface area contributed by atoms with Crippen LogP contribution in [0.1, 0.15) is 49.1 Å². The number of halogens is 3. The van der Waals surface area contributed by atoms with Crippen LogP contribution < -0.4 is 10.6 Å². The fourth-order valence-corrected chi connectivity index (χ4v) is 3.81. The van der Waals surface area contributed by atoms with Crippen LogP contribution in [0.5, 0.6) is 0 Å². The number of carbonyl (C=O) groups is 1. The average Bonchev–Trinajstić information content (AvgIpc) is 3.10. The number of nitrogens with zero attached hydrogens (tertiary/aromatic N) is 1. The van der Waals surface area contributed by atoms with Gasteiger partial charge in [0.25, 0.3) is 0 Å². The van der Waals surface area contributed by atoms with Crippen molar-refractivity contribution in [3.63, 3.8) is 0 Å². The van der Waals surface area contributed by atoms with Gasteiger partial charge < -0.3 is 15.6 Å². The smallest absolute Gasteiger partial charge is 0.344 e. The van der Waals surface area contributed by atoms with E-state index in [4.69, 9.17) is 0 Å². The van der Waals surface area contributed by atoms with Crippen LogP contribution >= 0.6 is 0 Å². The van der Waals surface area contributed by atoms with Crippen molar-refractivity contribution in [1.82, 2.24) is 9.97 Å². The molecule has 152 valence electrons. The van der Waals surface area contributed by atoms with E-state index in [1.54, 1.807) is 6.20 Å². The van der Waals surface area contributed by atoms with Crippen LogP contribution in [0.25, 0.3) is 11.0 Å². The van der Waals surface area contributed by atoms with Gasteiger partial charge in [-0.25, -0.2) is 9.78 Å². The van der Waals surface area contributed by atoms with Crippen molar-refractivity contribution < 1.29 is 18.0 Å². The number of anilines is 2. The van der Waals surface area contributed by atoms with Crippen molar-refractivity contribution in [1.29, 1.82) is 0 Å². The molecule has 0 spiro atoms. The molecule has 5 nitrogen and oxygen atoms in total. The fraction of sp³-hybridized carbons (Fsp3) is 0.333. The number of benzene rings is 1. The molecular formula is C21H21F3N4O. The minimum Gasteiger partial charge on any atom is -0.344 e. The van der Waals surface area contributed by atoms with E-state index in [2.05, 4.69) is 26.7 Å². The summed E-state index contributed by atoms with van der Waals surface area (Å²) in [5, 5.41) is 6.11. The minimum atomic E-state index is -4.41. The quantitative estimate of drug-likeness (QED) is 0.483. The first-order chi connectivity index (χ1) is 13.9. The normalized spacial score (nSPS) is 15.4. The zero-order chi connectivity index (χ0) is 20.4. The highest BCUT2D eigenvalue weighted by Crippen LogP contribution is 2.34. The Morgan fingerprint density at radius 3 is 2.48 bits per heavy atom. The third kappa shape index (κ3) is 4.36.